The van der Waals surface area contributed by atoms with Gasteiger partial charge in [0.15, 0.2) is 6.61 Å². The summed E-state index contributed by atoms with van der Waals surface area (Å²) < 4.78 is 43.1. The smallest absolute Gasteiger partial charge is 0.422 e. The summed E-state index contributed by atoms with van der Waals surface area (Å²) in [6, 6.07) is 5.08. The number of aromatic nitrogens is 4. The van der Waals surface area contributed by atoms with Crippen molar-refractivity contribution in [2.24, 2.45) is 0 Å². The molecule has 29 heavy (non-hydrogen) atoms. The van der Waals surface area contributed by atoms with Crippen molar-refractivity contribution in [1.82, 2.24) is 24.6 Å². The molecule has 3 aromatic rings. The number of hydrogen-bond donors (Lipinski definition) is 0. The topological polar surface area (TPSA) is 96.9 Å². The number of alkyl halides is 3. The van der Waals surface area contributed by atoms with E-state index in [9.17, 15) is 18.0 Å². The number of carbonyl (C=O) groups is 1. The van der Waals surface area contributed by atoms with Crippen LogP contribution < -0.4 is 4.74 Å². The number of nitrogens with zero attached hydrogens (tertiary/aromatic N) is 6. The second-order valence-corrected chi connectivity index (χ2v) is 6.20. The lowest BCUT2D eigenvalue weighted by Gasteiger charge is -2.12. The van der Waals surface area contributed by atoms with E-state index in [2.05, 4.69) is 15.1 Å². The Bertz CT molecular complexity index is 1100. The van der Waals surface area contributed by atoms with E-state index in [1.165, 1.54) is 29.0 Å². The van der Waals surface area contributed by atoms with Crippen molar-refractivity contribution in [2.45, 2.75) is 13.1 Å². The molecule has 0 saturated carbocycles. The first-order chi connectivity index (χ1) is 13.7. The molecule has 0 N–H and O–H groups in total. The number of amides is 1. The number of nitriles is 1. The van der Waals surface area contributed by atoms with Crippen LogP contribution in [0.3, 0.4) is 0 Å². The Labute approximate surface area is 163 Å². The molecule has 3 aromatic heterocycles. The summed E-state index contributed by atoms with van der Waals surface area (Å²) in [5.41, 5.74) is 1.50. The van der Waals surface area contributed by atoms with Gasteiger partial charge in [0.25, 0.3) is 5.91 Å². The summed E-state index contributed by atoms with van der Waals surface area (Å²) in [6.07, 6.45) is -0.129. The van der Waals surface area contributed by atoms with Crippen LogP contribution in [0.15, 0.2) is 30.7 Å². The standard InChI is InChI=1S/C18H15F3N6O2/c1-11-7-12(8-24-16(11)29-10-18(19,20)21)27-9-13-14(25-27)3-5-23-15(13)17(28)26(2)6-4-22/h3,5,7-9H,6,10H2,1-2H3. The molecule has 0 atom stereocenters. The van der Waals surface area contributed by atoms with Gasteiger partial charge in [-0.05, 0) is 19.1 Å². The number of ether oxygens (including phenoxy) is 1. The first-order valence-electron chi connectivity index (χ1n) is 8.33. The van der Waals surface area contributed by atoms with Crippen LogP contribution in [0, 0.1) is 18.3 Å². The summed E-state index contributed by atoms with van der Waals surface area (Å²) in [6.45, 7) is 0.0471. The van der Waals surface area contributed by atoms with Crippen molar-refractivity contribution in [3.63, 3.8) is 0 Å². The van der Waals surface area contributed by atoms with Gasteiger partial charge in [0.1, 0.15) is 12.2 Å². The Morgan fingerprint density at radius 3 is 2.79 bits per heavy atom. The average Bonchev–Trinajstić information content (AvgIpc) is 3.10. The fraction of sp³-hybridized carbons (Fsp3) is 0.278. The van der Waals surface area contributed by atoms with Crippen LogP contribution in [0.2, 0.25) is 0 Å². The first-order valence-corrected chi connectivity index (χ1v) is 8.33. The summed E-state index contributed by atoms with van der Waals surface area (Å²) in [5, 5.41) is 13.6. The predicted molar refractivity (Wildman–Crippen MR) is 95.5 cm³/mol. The molecule has 11 heteroatoms. The Hall–Kier alpha value is -3.68. The van der Waals surface area contributed by atoms with Crippen molar-refractivity contribution in [1.29, 1.82) is 5.26 Å². The molecule has 8 nitrogen and oxygen atoms in total. The van der Waals surface area contributed by atoms with Gasteiger partial charge in [-0.1, -0.05) is 0 Å². The lowest BCUT2D eigenvalue weighted by molar-refractivity contribution is -0.154. The number of halogens is 3. The van der Waals surface area contributed by atoms with Gasteiger partial charge in [-0.2, -0.15) is 23.5 Å². The quantitative estimate of drug-likeness (QED) is 0.607. The van der Waals surface area contributed by atoms with E-state index in [0.717, 1.165) is 0 Å². The Morgan fingerprint density at radius 1 is 1.38 bits per heavy atom. The maximum atomic E-state index is 12.5. The molecule has 3 heterocycles. The molecule has 0 fully saturated rings. The van der Waals surface area contributed by atoms with E-state index in [4.69, 9.17) is 10.00 Å². The van der Waals surface area contributed by atoms with E-state index in [1.54, 1.807) is 25.3 Å². The highest BCUT2D eigenvalue weighted by Gasteiger charge is 2.29. The second kappa shape index (κ2) is 7.75. The maximum Gasteiger partial charge on any atom is 0.422 e. The summed E-state index contributed by atoms with van der Waals surface area (Å²) in [4.78, 5) is 21.8. The normalized spacial score (nSPS) is 11.3. The number of pyridine rings is 2. The van der Waals surface area contributed by atoms with E-state index < -0.39 is 18.7 Å². The van der Waals surface area contributed by atoms with Gasteiger partial charge in [-0.25, -0.2) is 9.67 Å². The predicted octanol–water partition coefficient (Wildman–Crippen LogP) is 2.66. The molecule has 0 aromatic carbocycles. The van der Waals surface area contributed by atoms with Crippen molar-refractivity contribution in [3.8, 4) is 17.6 Å². The number of fused-ring (bicyclic) bond motifs is 1. The van der Waals surface area contributed by atoms with Gasteiger partial charge < -0.3 is 9.64 Å². The fourth-order valence-corrected chi connectivity index (χ4v) is 2.58. The molecule has 1 amide bonds. The molecule has 0 bridgehead atoms. The van der Waals surface area contributed by atoms with Gasteiger partial charge in [-0.15, -0.1) is 0 Å². The number of aryl methyl sites for hydroxylation is 1. The van der Waals surface area contributed by atoms with Crippen LogP contribution >= 0.6 is 0 Å². The molecular formula is C18H15F3N6O2. The largest absolute Gasteiger partial charge is 0.468 e. The second-order valence-electron chi connectivity index (χ2n) is 6.20. The van der Waals surface area contributed by atoms with Gasteiger partial charge in [0.2, 0.25) is 5.88 Å². The number of rotatable bonds is 5. The average molecular weight is 404 g/mol. The molecule has 0 radical (unpaired) electrons. The first kappa shape index (κ1) is 20.1. The summed E-state index contributed by atoms with van der Waals surface area (Å²) >= 11 is 0. The molecule has 0 unspecified atom stereocenters. The van der Waals surface area contributed by atoms with E-state index in [0.29, 0.717) is 22.2 Å². The summed E-state index contributed by atoms with van der Waals surface area (Å²) in [5.74, 6) is -0.555. The summed E-state index contributed by atoms with van der Waals surface area (Å²) in [7, 11) is 1.49. The minimum absolute atomic E-state index is 0.0897. The highest BCUT2D eigenvalue weighted by molar-refractivity contribution is 6.04. The molecular weight excluding hydrogens is 389 g/mol. The van der Waals surface area contributed by atoms with Crippen LogP contribution in [0.4, 0.5) is 13.2 Å². The Morgan fingerprint density at radius 2 is 2.14 bits per heavy atom. The van der Waals surface area contributed by atoms with E-state index in [1.807, 2.05) is 6.07 Å². The molecule has 0 aliphatic rings. The van der Waals surface area contributed by atoms with Crippen LogP contribution in [0.1, 0.15) is 16.1 Å². The van der Waals surface area contributed by atoms with Crippen LogP contribution in [-0.4, -0.2) is 56.9 Å². The molecule has 0 aliphatic carbocycles. The number of hydrogen-bond acceptors (Lipinski definition) is 6. The highest BCUT2D eigenvalue weighted by atomic mass is 19.4. The lowest BCUT2D eigenvalue weighted by atomic mass is 10.2. The van der Waals surface area contributed by atoms with Crippen molar-refractivity contribution in [3.05, 3.63) is 42.0 Å². The molecule has 0 spiro atoms. The minimum atomic E-state index is -4.46. The lowest BCUT2D eigenvalue weighted by Crippen LogP contribution is -2.27. The molecule has 0 saturated heterocycles. The Kier molecular flexibility index (Phi) is 5.36. The van der Waals surface area contributed by atoms with Gasteiger partial charge >= 0.3 is 6.18 Å². The zero-order valence-corrected chi connectivity index (χ0v) is 15.4. The third kappa shape index (κ3) is 4.43. The zero-order chi connectivity index (χ0) is 21.2. The van der Waals surface area contributed by atoms with E-state index >= 15 is 0 Å². The van der Waals surface area contributed by atoms with Gasteiger partial charge in [0.05, 0.1) is 28.9 Å². The van der Waals surface area contributed by atoms with Crippen LogP contribution in [0.25, 0.3) is 16.6 Å². The SMILES string of the molecule is Cc1cc(-n2cc3c(C(=O)N(C)CC#N)nccc3n2)cnc1OCC(F)(F)F. The van der Waals surface area contributed by atoms with Crippen LogP contribution in [-0.2, 0) is 0 Å². The fourth-order valence-electron chi connectivity index (χ4n) is 2.58. The third-order valence-corrected chi connectivity index (χ3v) is 3.94. The molecule has 150 valence electrons. The van der Waals surface area contributed by atoms with Crippen molar-refractivity contribution >= 4 is 16.8 Å². The van der Waals surface area contributed by atoms with Crippen LogP contribution in [0.5, 0.6) is 5.88 Å². The van der Waals surface area contributed by atoms with E-state index in [-0.39, 0.29) is 18.1 Å². The Balaban J connectivity index is 1.93. The minimum Gasteiger partial charge on any atom is -0.468 e. The monoisotopic (exact) mass is 404 g/mol. The zero-order valence-electron chi connectivity index (χ0n) is 15.4. The molecule has 3 rings (SSSR count). The highest BCUT2D eigenvalue weighted by Crippen LogP contribution is 2.23. The van der Waals surface area contributed by atoms with Crippen molar-refractivity contribution in [2.75, 3.05) is 20.2 Å². The van der Waals surface area contributed by atoms with Crippen molar-refractivity contribution < 1.29 is 22.7 Å². The molecule has 0 aliphatic heterocycles. The van der Waals surface area contributed by atoms with Gasteiger partial charge in [-0.3, -0.25) is 9.78 Å². The number of carbonyl (C=O) groups excluding carboxylic acids is 1. The van der Waals surface area contributed by atoms with Gasteiger partial charge in [0, 0.05) is 25.0 Å². The third-order valence-electron chi connectivity index (χ3n) is 3.94. The maximum absolute atomic E-state index is 12.5.